The molecule has 1 fully saturated rings. The van der Waals surface area contributed by atoms with E-state index < -0.39 is 0 Å². The van der Waals surface area contributed by atoms with Gasteiger partial charge < -0.3 is 9.64 Å². The van der Waals surface area contributed by atoms with Crippen molar-refractivity contribution in [1.82, 2.24) is 9.97 Å². The Morgan fingerprint density at radius 1 is 1.26 bits per heavy atom. The van der Waals surface area contributed by atoms with E-state index in [0.29, 0.717) is 25.6 Å². The number of carbonyl (C=O) groups is 1. The Morgan fingerprint density at radius 3 is 2.61 bits per heavy atom. The fourth-order valence-electron chi connectivity index (χ4n) is 2.96. The number of halogens is 1. The Labute approximate surface area is 143 Å². The molecule has 2 atom stereocenters. The molecule has 5 nitrogen and oxygen atoms in total. The van der Waals surface area contributed by atoms with Gasteiger partial charge in [-0.3, -0.25) is 4.79 Å². The smallest absolute Gasteiger partial charge is 0.311 e. The van der Waals surface area contributed by atoms with Crippen LogP contribution < -0.4 is 4.90 Å². The maximum Gasteiger partial charge on any atom is 0.311 e. The highest BCUT2D eigenvalue weighted by Gasteiger charge is 2.40. The molecule has 1 aromatic carbocycles. The molecule has 0 spiro atoms. The maximum atomic E-state index is 12.4. The fourth-order valence-corrected chi connectivity index (χ4v) is 3.22. The molecule has 3 rings (SSSR count). The molecular weight excluding hydrogens is 358 g/mol. The van der Waals surface area contributed by atoms with Crippen LogP contribution in [0.2, 0.25) is 0 Å². The van der Waals surface area contributed by atoms with Crippen molar-refractivity contribution >= 4 is 27.8 Å². The number of nitrogens with zero attached hydrogens (tertiary/aromatic N) is 3. The molecule has 0 N–H and O–H groups in total. The third kappa shape index (κ3) is 3.52. The molecule has 1 aliphatic heterocycles. The van der Waals surface area contributed by atoms with Crippen LogP contribution in [0, 0.1) is 5.92 Å². The quantitative estimate of drug-likeness (QED) is 0.768. The zero-order chi connectivity index (χ0) is 16.2. The summed E-state index contributed by atoms with van der Waals surface area (Å²) in [7, 11) is 0. The minimum absolute atomic E-state index is 0.0750. The minimum Gasteiger partial charge on any atom is -0.466 e. The molecule has 0 saturated carbocycles. The molecule has 0 bridgehead atoms. The van der Waals surface area contributed by atoms with Gasteiger partial charge in [-0.25, -0.2) is 9.97 Å². The first-order chi connectivity index (χ1) is 11.2. The summed E-state index contributed by atoms with van der Waals surface area (Å²) in [4.78, 5) is 23.0. The van der Waals surface area contributed by atoms with Crippen LogP contribution in [0.1, 0.15) is 18.4 Å². The number of hydrogen-bond donors (Lipinski definition) is 0. The van der Waals surface area contributed by atoms with E-state index in [-0.39, 0.29) is 17.8 Å². The zero-order valence-electron chi connectivity index (χ0n) is 12.9. The lowest BCUT2D eigenvalue weighted by molar-refractivity contribution is -0.147. The molecular formula is C17H18BrN3O2. The fraction of sp³-hybridized carbons (Fsp3) is 0.353. The van der Waals surface area contributed by atoms with E-state index in [9.17, 15) is 4.79 Å². The predicted octanol–water partition coefficient (Wildman–Crippen LogP) is 3.02. The summed E-state index contributed by atoms with van der Waals surface area (Å²) in [5.41, 5.74) is 1.13. The lowest BCUT2D eigenvalue weighted by Crippen LogP contribution is -2.26. The Balaban J connectivity index is 1.87. The summed E-state index contributed by atoms with van der Waals surface area (Å²) in [6.07, 6.45) is 3.43. The molecule has 120 valence electrons. The number of carbonyl (C=O) groups excluding carboxylic acids is 1. The number of esters is 1. The number of ether oxygens (including phenoxy) is 1. The van der Waals surface area contributed by atoms with Crippen LogP contribution in [0.3, 0.4) is 0 Å². The van der Waals surface area contributed by atoms with Gasteiger partial charge >= 0.3 is 5.97 Å². The molecule has 23 heavy (non-hydrogen) atoms. The third-order valence-electron chi connectivity index (χ3n) is 4.04. The van der Waals surface area contributed by atoms with Gasteiger partial charge in [0.05, 0.1) is 12.5 Å². The van der Waals surface area contributed by atoms with Crippen LogP contribution in [-0.2, 0) is 9.53 Å². The van der Waals surface area contributed by atoms with E-state index in [4.69, 9.17) is 4.74 Å². The first kappa shape index (κ1) is 15.9. The highest BCUT2D eigenvalue weighted by atomic mass is 79.9. The van der Waals surface area contributed by atoms with E-state index in [1.165, 1.54) is 0 Å². The summed E-state index contributed by atoms with van der Waals surface area (Å²) in [5, 5.41) is 0. The van der Waals surface area contributed by atoms with Gasteiger partial charge in [0.15, 0.2) is 0 Å². The SMILES string of the molecule is CCOC(=O)[C@H]1CN(c2ncccn2)C[C@@H]1c1ccc(Br)cc1. The molecule has 0 unspecified atom stereocenters. The lowest BCUT2D eigenvalue weighted by atomic mass is 9.89. The van der Waals surface area contributed by atoms with Crippen molar-refractivity contribution < 1.29 is 9.53 Å². The zero-order valence-corrected chi connectivity index (χ0v) is 14.4. The summed E-state index contributed by atoms with van der Waals surface area (Å²) in [6.45, 7) is 3.50. The van der Waals surface area contributed by atoms with Crippen LogP contribution in [0.5, 0.6) is 0 Å². The van der Waals surface area contributed by atoms with Crippen molar-refractivity contribution in [2.45, 2.75) is 12.8 Å². The average molecular weight is 376 g/mol. The normalized spacial score (nSPS) is 20.5. The molecule has 1 saturated heterocycles. The van der Waals surface area contributed by atoms with Crippen molar-refractivity contribution in [3.8, 4) is 0 Å². The van der Waals surface area contributed by atoms with E-state index in [1.54, 1.807) is 18.5 Å². The largest absolute Gasteiger partial charge is 0.466 e. The van der Waals surface area contributed by atoms with Gasteiger partial charge in [-0.1, -0.05) is 28.1 Å². The first-order valence-electron chi connectivity index (χ1n) is 7.63. The first-order valence-corrected chi connectivity index (χ1v) is 8.42. The van der Waals surface area contributed by atoms with Crippen molar-refractivity contribution in [1.29, 1.82) is 0 Å². The van der Waals surface area contributed by atoms with E-state index in [0.717, 1.165) is 10.0 Å². The molecule has 0 amide bonds. The van der Waals surface area contributed by atoms with Crippen molar-refractivity contribution in [3.05, 3.63) is 52.8 Å². The van der Waals surface area contributed by atoms with Gasteiger partial charge in [0.1, 0.15) is 0 Å². The van der Waals surface area contributed by atoms with Crippen LogP contribution in [0.25, 0.3) is 0 Å². The average Bonchev–Trinajstić information content (AvgIpc) is 3.02. The second-order valence-electron chi connectivity index (χ2n) is 5.47. The second kappa shape index (κ2) is 7.08. The number of hydrogen-bond acceptors (Lipinski definition) is 5. The molecule has 6 heteroatoms. The molecule has 0 aliphatic carbocycles. The van der Waals surface area contributed by atoms with Gasteiger partial charge in [0.2, 0.25) is 5.95 Å². The van der Waals surface area contributed by atoms with Crippen LogP contribution in [-0.4, -0.2) is 35.6 Å². The van der Waals surface area contributed by atoms with Crippen molar-refractivity contribution in [3.63, 3.8) is 0 Å². The second-order valence-corrected chi connectivity index (χ2v) is 6.39. The van der Waals surface area contributed by atoms with Crippen LogP contribution >= 0.6 is 15.9 Å². The summed E-state index contributed by atoms with van der Waals surface area (Å²) in [6, 6.07) is 9.89. The standard InChI is InChI=1S/C17H18BrN3O2/c1-2-23-16(22)15-11-21(17-19-8-3-9-20-17)10-14(15)12-4-6-13(18)7-5-12/h3-9,14-15H,2,10-11H2,1H3/t14-,15+/m1/s1. The van der Waals surface area contributed by atoms with Gasteiger partial charge in [-0.2, -0.15) is 0 Å². The van der Waals surface area contributed by atoms with Crippen LogP contribution in [0.15, 0.2) is 47.2 Å². The molecule has 1 aromatic heterocycles. The van der Waals surface area contributed by atoms with Gasteiger partial charge in [0.25, 0.3) is 0 Å². The molecule has 2 aromatic rings. The summed E-state index contributed by atoms with van der Waals surface area (Å²) >= 11 is 3.45. The van der Waals surface area contributed by atoms with E-state index >= 15 is 0 Å². The Kier molecular flexibility index (Phi) is 4.91. The topological polar surface area (TPSA) is 55.3 Å². The highest BCUT2D eigenvalue weighted by Crippen LogP contribution is 2.35. The van der Waals surface area contributed by atoms with Crippen LogP contribution in [0.4, 0.5) is 5.95 Å². The van der Waals surface area contributed by atoms with Crippen molar-refractivity contribution in [2.24, 2.45) is 5.92 Å². The summed E-state index contributed by atoms with van der Waals surface area (Å²) < 4.78 is 6.29. The van der Waals surface area contributed by atoms with E-state index in [2.05, 4.69) is 38.0 Å². The Hall–Kier alpha value is -1.95. The lowest BCUT2D eigenvalue weighted by Gasteiger charge is -2.17. The van der Waals surface area contributed by atoms with Gasteiger partial charge in [-0.05, 0) is 30.7 Å². The third-order valence-corrected chi connectivity index (χ3v) is 4.57. The van der Waals surface area contributed by atoms with Gasteiger partial charge in [0, 0.05) is 35.9 Å². The predicted molar refractivity (Wildman–Crippen MR) is 91.3 cm³/mol. The number of anilines is 1. The maximum absolute atomic E-state index is 12.4. The summed E-state index contributed by atoms with van der Waals surface area (Å²) in [5.74, 6) is 0.367. The van der Waals surface area contributed by atoms with E-state index in [1.807, 2.05) is 24.0 Å². The molecule has 1 aliphatic rings. The Bertz CT molecular complexity index is 663. The number of aromatic nitrogens is 2. The highest BCUT2D eigenvalue weighted by molar-refractivity contribution is 9.10. The number of rotatable bonds is 4. The number of benzene rings is 1. The van der Waals surface area contributed by atoms with Gasteiger partial charge in [-0.15, -0.1) is 0 Å². The van der Waals surface area contributed by atoms with Crippen molar-refractivity contribution in [2.75, 3.05) is 24.6 Å². The molecule has 0 radical (unpaired) electrons. The molecule has 2 heterocycles. The Morgan fingerprint density at radius 2 is 1.96 bits per heavy atom. The monoisotopic (exact) mass is 375 g/mol. The minimum atomic E-state index is -0.208.